The van der Waals surface area contributed by atoms with Crippen molar-refractivity contribution in [1.29, 1.82) is 0 Å². The molecule has 0 aliphatic carbocycles. The molecule has 6 rings (SSSR count). The predicted octanol–water partition coefficient (Wildman–Crippen LogP) is 2.31. The Hall–Kier alpha value is -3.59. The zero-order valence-electron chi connectivity index (χ0n) is 19.7. The average Bonchev–Trinajstić information content (AvgIpc) is 2.90. The summed E-state index contributed by atoms with van der Waals surface area (Å²) in [5, 5.41) is 0. The Morgan fingerprint density at radius 1 is 1.03 bits per heavy atom. The van der Waals surface area contributed by atoms with Gasteiger partial charge in [-0.1, -0.05) is 0 Å². The van der Waals surface area contributed by atoms with Gasteiger partial charge in [-0.25, -0.2) is 0 Å². The molecule has 2 aromatic heterocycles. The maximum absolute atomic E-state index is 13.4. The summed E-state index contributed by atoms with van der Waals surface area (Å²) in [6.07, 6.45) is 3.50. The Balaban J connectivity index is 1.16. The molecule has 0 bridgehead atoms. The first-order valence-electron chi connectivity index (χ1n) is 12.0. The lowest BCUT2D eigenvalue weighted by Crippen LogP contribution is -2.67. The molecule has 9 nitrogen and oxygen atoms in total. The lowest BCUT2D eigenvalue weighted by Gasteiger charge is -2.53. The van der Waals surface area contributed by atoms with Crippen LogP contribution in [0.25, 0.3) is 11.0 Å². The Labute approximate surface area is 202 Å². The Kier molecular flexibility index (Phi) is 5.36. The summed E-state index contributed by atoms with van der Waals surface area (Å²) in [5.41, 5.74) is 1.94. The molecule has 1 aromatic carbocycles. The first-order valence-corrected chi connectivity index (χ1v) is 12.0. The summed E-state index contributed by atoms with van der Waals surface area (Å²) in [7, 11) is 1.59. The highest BCUT2D eigenvalue weighted by atomic mass is 16.6. The van der Waals surface area contributed by atoms with E-state index in [-0.39, 0.29) is 16.9 Å². The van der Waals surface area contributed by atoms with E-state index in [0.717, 1.165) is 41.9 Å². The third-order valence-electron chi connectivity index (χ3n) is 7.34. The number of aromatic nitrogens is 2. The summed E-state index contributed by atoms with van der Waals surface area (Å²) in [6.45, 7) is 4.59. The molecule has 1 unspecified atom stereocenters. The van der Waals surface area contributed by atoms with Crippen LogP contribution in [0.3, 0.4) is 0 Å². The number of methoxy groups -OCH3 is 1. The zero-order chi connectivity index (χ0) is 24.0. The molecule has 1 amide bonds. The minimum atomic E-state index is -0.361. The van der Waals surface area contributed by atoms with E-state index < -0.39 is 0 Å². The maximum Gasteiger partial charge on any atom is 0.251 e. The van der Waals surface area contributed by atoms with Gasteiger partial charge in [0.2, 0.25) is 5.91 Å². The number of hydrogen-bond acceptors (Lipinski definition) is 7. The predicted molar refractivity (Wildman–Crippen MR) is 130 cm³/mol. The molecule has 5 heterocycles. The third kappa shape index (κ3) is 3.80. The van der Waals surface area contributed by atoms with E-state index in [2.05, 4.69) is 9.88 Å². The second kappa shape index (κ2) is 8.57. The monoisotopic (exact) mass is 476 g/mol. The second-order valence-corrected chi connectivity index (χ2v) is 9.48. The number of ether oxygens (including phenoxy) is 3. The standard InChI is InChI=1S/C26H28N4O5/c1-33-19-14-21-20(27-15-19)4-6-24(31)29(21)10-9-28-8-2-7-26(16-28)17-30(25(26)32)18-3-5-22-23(13-18)35-12-11-34-22/h3-6,13-15H,2,7-12,16-17H2,1H3. The van der Waals surface area contributed by atoms with Crippen molar-refractivity contribution in [1.82, 2.24) is 14.5 Å². The average molecular weight is 477 g/mol. The molecule has 0 radical (unpaired) electrons. The number of pyridine rings is 2. The van der Waals surface area contributed by atoms with E-state index in [1.165, 1.54) is 0 Å². The Morgan fingerprint density at radius 2 is 1.89 bits per heavy atom. The van der Waals surface area contributed by atoms with Crippen molar-refractivity contribution in [2.75, 3.05) is 51.4 Å². The van der Waals surface area contributed by atoms with Gasteiger partial charge in [-0.3, -0.25) is 14.6 Å². The summed E-state index contributed by atoms with van der Waals surface area (Å²) < 4.78 is 18.3. The van der Waals surface area contributed by atoms with Crippen molar-refractivity contribution in [3.05, 3.63) is 52.9 Å². The second-order valence-electron chi connectivity index (χ2n) is 9.48. The fraction of sp³-hybridized carbons (Fsp3) is 0.423. The van der Waals surface area contributed by atoms with Crippen LogP contribution in [0, 0.1) is 5.41 Å². The molecule has 35 heavy (non-hydrogen) atoms. The SMILES string of the molecule is COc1cnc2ccc(=O)n(CCN3CCCC4(C3)CN(c3ccc5c(c3)OCCO5)C4=O)c2c1. The number of fused-ring (bicyclic) bond motifs is 2. The van der Waals surface area contributed by atoms with Crippen LogP contribution in [0.4, 0.5) is 5.69 Å². The first-order chi connectivity index (χ1) is 17.1. The highest BCUT2D eigenvalue weighted by Gasteiger charge is 2.54. The lowest BCUT2D eigenvalue weighted by molar-refractivity contribution is -0.139. The van der Waals surface area contributed by atoms with Crippen molar-refractivity contribution in [2.45, 2.75) is 19.4 Å². The van der Waals surface area contributed by atoms with Crippen molar-refractivity contribution in [3.63, 3.8) is 0 Å². The number of piperidine rings is 1. The van der Waals surface area contributed by atoms with Crippen LogP contribution >= 0.6 is 0 Å². The number of likely N-dealkylation sites (tertiary alicyclic amines) is 1. The van der Waals surface area contributed by atoms with Crippen molar-refractivity contribution in [2.24, 2.45) is 5.41 Å². The normalized spacial score (nSPS) is 21.9. The number of benzene rings is 1. The minimum Gasteiger partial charge on any atom is -0.495 e. The number of nitrogens with zero attached hydrogens (tertiary/aromatic N) is 4. The zero-order valence-corrected chi connectivity index (χ0v) is 19.7. The first kappa shape index (κ1) is 21.9. The van der Waals surface area contributed by atoms with Crippen molar-refractivity contribution >= 4 is 22.6 Å². The fourth-order valence-corrected chi connectivity index (χ4v) is 5.50. The van der Waals surface area contributed by atoms with Gasteiger partial charge in [-0.15, -0.1) is 0 Å². The number of anilines is 1. The summed E-state index contributed by atoms with van der Waals surface area (Å²) in [6, 6.07) is 10.8. The van der Waals surface area contributed by atoms with Gasteiger partial charge in [0, 0.05) is 50.1 Å². The van der Waals surface area contributed by atoms with Crippen LogP contribution in [0.2, 0.25) is 0 Å². The molecule has 182 valence electrons. The van der Waals surface area contributed by atoms with E-state index in [1.807, 2.05) is 29.2 Å². The van der Waals surface area contributed by atoms with Crippen molar-refractivity contribution in [3.8, 4) is 17.2 Å². The molecule has 0 N–H and O–H groups in total. The van der Waals surface area contributed by atoms with Crippen LogP contribution in [0.1, 0.15) is 12.8 Å². The molecule has 0 saturated carbocycles. The summed E-state index contributed by atoms with van der Waals surface area (Å²) >= 11 is 0. The van der Waals surface area contributed by atoms with Gasteiger partial charge >= 0.3 is 0 Å². The number of carbonyl (C=O) groups is 1. The molecule has 9 heteroatoms. The van der Waals surface area contributed by atoms with Gasteiger partial charge in [0.05, 0.1) is 29.8 Å². The van der Waals surface area contributed by atoms with Crippen LogP contribution < -0.4 is 24.7 Å². The summed E-state index contributed by atoms with van der Waals surface area (Å²) in [4.78, 5) is 34.6. The number of rotatable bonds is 5. The molecule has 3 aromatic rings. The van der Waals surface area contributed by atoms with Crippen LogP contribution in [0.15, 0.2) is 47.4 Å². The number of hydrogen-bond donors (Lipinski definition) is 0. The summed E-state index contributed by atoms with van der Waals surface area (Å²) in [5.74, 6) is 2.20. The lowest BCUT2D eigenvalue weighted by atomic mass is 9.72. The molecule has 2 saturated heterocycles. The Bertz CT molecular complexity index is 1360. The largest absolute Gasteiger partial charge is 0.495 e. The maximum atomic E-state index is 13.4. The van der Waals surface area contributed by atoms with Crippen molar-refractivity contribution < 1.29 is 19.0 Å². The van der Waals surface area contributed by atoms with E-state index in [9.17, 15) is 9.59 Å². The molecule has 2 fully saturated rings. The topological polar surface area (TPSA) is 86.1 Å². The fourth-order valence-electron chi connectivity index (χ4n) is 5.50. The molecule has 3 aliphatic rings. The van der Waals surface area contributed by atoms with Crippen LogP contribution in [-0.4, -0.2) is 66.9 Å². The number of carbonyl (C=O) groups excluding carboxylic acids is 1. The number of amides is 1. The quantitative estimate of drug-likeness (QED) is 0.523. The highest BCUT2D eigenvalue weighted by Crippen LogP contribution is 2.44. The molecule has 3 aliphatic heterocycles. The third-order valence-corrected chi connectivity index (χ3v) is 7.34. The highest BCUT2D eigenvalue weighted by molar-refractivity contribution is 6.05. The van der Waals surface area contributed by atoms with E-state index in [4.69, 9.17) is 14.2 Å². The van der Waals surface area contributed by atoms with Crippen LogP contribution in [-0.2, 0) is 11.3 Å². The number of β-lactam (4-membered cyclic amide) rings is 1. The van der Waals surface area contributed by atoms with Crippen LogP contribution in [0.5, 0.6) is 17.2 Å². The van der Waals surface area contributed by atoms with Gasteiger partial charge in [-0.2, -0.15) is 0 Å². The van der Waals surface area contributed by atoms with Gasteiger partial charge in [0.25, 0.3) is 5.56 Å². The smallest absolute Gasteiger partial charge is 0.251 e. The minimum absolute atomic E-state index is 0.0659. The van der Waals surface area contributed by atoms with E-state index >= 15 is 0 Å². The Morgan fingerprint density at radius 3 is 2.71 bits per heavy atom. The van der Waals surface area contributed by atoms with Gasteiger partial charge in [0.15, 0.2) is 11.5 Å². The van der Waals surface area contributed by atoms with E-state index in [0.29, 0.717) is 50.9 Å². The van der Waals surface area contributed by atoms with E-state index in [1.54, 1.807) is 30.0 Å². The van der Waals surface area contributed by atoms with Gasteiger partial charge in [-0.05, 0) is 37.6 Å². The molecular formula is C26H28N4O5. The van der Waals surface area contributed by atoms with Gasteiger partial charge in [0.1, 0.15) is 19.0 Å². The molecule has 1 atom stereocenters. The molecular weight excluding hydrogens is 448 g/mol. The molecule has 1 spiro atoms. The van der Waals surface area contributed by atoms with Gasteiger partial charge < -0.3 is 28.6 Å².